The summed E-state index contributed by atoms with van der Waals surface area (Å²) in [6.07, 6.45) is 4.60. The number of carbonyl (C=O) groups is 2. The molecule has 0 saturated carbocycles. The predicted molar refractivity (Wildman–Crippen MR) is 75.9 cm³/mol. The van der Waals surface area contributed by atoms with E-state index in [-0.39, 0.29) is 5.91 Å². The topological polar surface area (TPSA) is 66.4 Å². The minimum atomic E-state index is -1.02. The van der Waals surface area contributed by atoms with E-state index in [2.05, 4.69) is 5.32 Å². The van der Waals surface area contributed by atoms with Crippen LogP contribution in [0.3, 0.4) is 0 Å². The summed E-state index contributed by atoms with van der Waals surface area (Å²) in [4.78, 5) is 23.7. The van der Waals surface area contributed by atoms with Gasteiger partial charge in [-0.1, -0.05) is 42.5 Å². The van der Waals surface area contributed by atoms with Gasteiger partial charge in [0.1, 0.15) is 0 Å². The van der Waals surface area contributed by atoms with Gasteiger partial charge >= 0.3 is 5.97 Å². The molecule has 20 heavy (non-hydrogen) atoms. The van der Waals surface area contributed by atoms with Crippen molar-refractivity contribution in [3.8, 4) is 0 Å². The zero-order chi connectivity index (χ0) is 14.6. The average Bonchev–Trinajstić information content (AvgIpc) is 2.46. The van der Waals surface area contributed by atoms with Gasteiger partial charge in [0.2, 0.25) is 5.91 Å². The Morgan fingerprint density at radius 2 is 2.00 bits per heavy atom. The van der Waals surface area contributed by atoms with Crippen LogP contribution in [-0.2, 0) is 16.1 Å². The van der Waals surface area contributed by atoms with E-state index in [4.69, 9.17) is 0 Å². The smallest absolute Gasteiger partial charge is 0.310 e. The van der Waals surface area contributed by atoms with Crippen molar-refractivity contribution in [2.75, 3.05) is 0 Å². The molecule has 4 heteroatoms. The van der Waals surface area contributed by atoms with Gasteiger partial charge in [0.15, 0.2) is 0 Å². The molecule has 0 heterocycles. The lowest BCUT2D eigenvalue weighted by Crippen LogP contribution is -2.45. The number of hydrogen-bond donors (Lipinski definition) is 2. The van der Waals surface area contributed by atoms with Gasteiger partial charge in [-0.2, -0.15) is 0 Å². The molecule has 0 spiro atoms. The number of allylic oxidation sites excluding steroid dienone is 2. The number of benzene rings is 1. The maximum Gasteiger partial charge on any atom is 0.310 e. The molecule has 0 bridgehead atoms. The van der Waals surface area contributed by atoms with Crippen molar-refractivity contribution < 1.29 is 14.7 Å². The van der Waals surface area contributed by atoms with Crippen LogP contribution < -0.4 is 5.32 Å². The molecular weight excluding hydrogens is 254 g/mol. The predicted octanol–water partition coefficient (Wildman–Crippen LogP) is 2.36. The zero-order valence-electron chi connectivity index (χ0n) is 11.5. The second-order valence-corrected chi connectivity index (χ2v) is 5.39. The lowest BCUT2D eigenvalue weighted by Gasteiger charge is -2.34. The van der Waals surface area contributed by atoms with Crippen LogP contribution in [0.15, 0.2) is 42.5 Å². The van der Waals surface area contributed by atoms with E-state index >= 15 is 0 Å². The molecule has 2 rings (SSSR count). The molecule has 2 atom stereocenters. The van der Waals surface area contributed by atoms with E-state index in [1.165, 1.54) is 0 Å². The van der Waals surface area contributed by atoms with Gasteiger partial charge in [-0.3, -0.25) is 9.59 Å². The van der Waals surface area contributed by atoms with Gasteiger partial charge in [-0.05, 0) is 25.3 Å². The largest absolute Gasteiger partial charge is 0.481 e. The Bertz CT molecular complexity index is 524. The van der Waals surface area contributed by atoms with Crippen LogP contribution in [0, 0.1) is 11.3 Å². The van der Waals surface area contributed by atoms with Gasteiger partial charge in [-0.15, -0.1) is 0 Å². The second kappa shape index (κ2) is 5.90. The SMILES string of the molecule is C[C@]1(C(=O)O)CC=CC[C@H]1C(=O)NCc1ccccc1. The number of amides is 1. The van der Waals surface area contributed by atoms with E-state index < -0.39 is 17.3 Å². The second-order valence-electron chi connectivity index (χ2n) is 5.39. The molecule has 4 nitrogen and oxygen atoms in total. The van der Waals surface area contributed by atoms with Crippen LogP contribution in [0.2, 0.25) is 0 Å². The first-order chi connectivity index (χ1) is 9.54. The van der Waals surface area contributed by atoms with Crippen molar-refractivity contribution >= 4 is 11.9 Å². The van der Waals surface area contributed by atoms with E-state index in [1.807, 2.05) is 42.5 Å². The van der Waals surface area contributed by atoms with Crippen LogP contribution >= 0.6 is 0 Å². The average molecular weight is 273 g/mol. The molecule has 2 N–H and O–H groups in total. The summed E-state index contributed by atoms with van der Waals surface area (Å²) in [5.41, 5.74) is -0.0144. The lowest BCUT2D eigenvalue weighted by atomic mass is 9.69. The third kappa shape index (κ3) is 2.90. The van der Waals surface area contributed by atoms with Gasteiger partial charge in [0, 0.05) is 6.54 Å². The molecule has 0 aromatic heterocycles. The van der Waals surface area contributed by atoms with E-state index in [1.54, 1.807) is 6.92 Å². The van der Waals surface area contributed by atoms with Crippen molar-refractivity contribution in [2.45, 2.75) is 26.3 Å². The maximum absolute atomic E-state index is 12.3. The van der Waals surface area contributed by atoms with Gasteiger partial charge < -0.3 is 10.4 Å². The van der Waals surface area contributed by atoms with Crippen molar-refractivity contribution in [1.29, 1.82) is 0 Å². The van der Waals surface area contributed by atoms with Gasteiger partial charge in [0.25, 0.3) is 0 Å². The molecule has 1 aromatic carbocycles. The summed E-state index contributed by atoms with van der Waals surface area (Å²) in [6, 6.07) is 9.59. The highest BCUT2D eigenvalue weighted by Crippen LogP contribution is 2.38. The lowest BCUT2D eigenvalue weighted by molar-refractivity contribution is -0.155. The first kappa shape index (κ1) is 14.3. The minimum Gasteiger partial charge on any atom is -0.481 e. The monoisotopic (exact) mass is 273 g/mol. The number of hydrogen-bond acceptors (Lipinski definition) is 2. The van der Waals surface area contributed by atoms with Gasteiger partial charge in [-0.25, -0.2) is 0 Å². The number of rotatable bonds is 4. The molecule has 1 aromatic rings. The highest BCUT2D eigenvalue weighted by atomic mass is 16.4. The Balaban J connectivity index is 2.04. The normalized spacial score (nSPS) is 25.1. The summed E-state index contributed by atoms with van der Waals surface area (Å²) in [5.74, 6) is -1.63. The van der Waals surface area contributed by atoms with Crippen LogP contribution in [-0.4, -0.2) is 17.0 Å². The fraction of sp³-hybridized carbons (Fsp3) is 0.375. The fourth-order valence-corrected chi connectivity index (χ4v) is 2.50. The number of carboxylic acids is 1. The third-order valence-corrected chi connectivity index (χ3v) is 3.96. The molecule has 0 unspecified atom stereocenters. The Hall–Kier alpha value is -2.10. The van der Waals surface area contributed by atoms with Crippen molar-refractivity contribution in [3.63, 3.8) is 0 Å². The van der Waals surface area contributed by atoms with Crippen LogP contribution in [0.5, 0.6) is 0 Å². The first-order valence-electron chi connectivity index (χ1n) is 6.74. The summed E-state index contributed by atoms with van der Waals surface area (Å²) >= 11 is 0. The Morgan fingerprint density at radius 1 is 1.30 bits per heavy atom. The molecule has 1 aliphatic rings. The Morgan fingerprint density at radius 3 is 2.65 bits per heavy atom. The highest BCUT2D eigenvalue weighted by molar-refractivity contribution is 5.87. The molecule has 1 aliphatic carbocycles. The highest BCUT2D eigenvalue weighted by Gasteiger charge is 2.45. The number of carboxylic acid groups (broad SMARTS) is 1. The molecule has 1 amide bonds. The molecule has 0 saturated heterocycles. The third-order valence-electron chi connectivity index (χ3n) is 3.96. The van der Waals surface area contributed by atoms with Gasteiger partial charge in [0.05, 0.1) is 11.3 Å². The summed E-state index contributed by atoms with van der Waals surface area (Å²) < 4.78 is 0. The van der Waals surface area contributed by atoms with Crippen LogP contribution in [0.4, 0.5) is 0 Å². The minimum absolute atomic E-state index is 0.192. The Kier molecular flexibility index (Phi) is 4.23. The van der Waals surface area contributed by atoms with Crippen LogP contribution in [0.1, 0.15) is 25.3 Å². The molecule has 0 fully saturated rings. The van der Waals surface area contributed by atoms with Crippen molar-refractivity contribution in [3.05, 3.63) is 48.0 Å². The number of nitrogens with one attached hydrogen (secondary N) is 1. The summed E-state index contributed by atoms with van der Waals surface area (Å²) in [7, 11) is 0. The molecule has 106 valence electrons. The quantitative estimate of drug-likeness (QED) is 0.828. The number of carbonyl (C=O) groups excluding carboxylic acids is 1. The Labute approximate surface area is 118 Å². The fourth-order valence-electron chi connectivity index (χ4n) is 2.50. The maximum atomic E-state index is 12.3. The summed E-state index contributed by atoms with van der Waals surface area (Å²) in [5, 5.41) is 12.2. The van der Waals surface area contributed by atoms with E-state index in [0.717, 1.165) is 5.56 Å². The number of aliphatic carboxylic acids is 1. The van der Waals surface area contributed by atoms with Crippen molar-refractivity contribution in [2.24, 2.45) is 11.3 Å². The molecule has 0 aliphatic heterocycles. The van der Waals surface area contributed by atoms with Crippen LogP contribution in [0.25, 0.3) is 0 Å². The molecule has 0 radical (unpaired) electrons. The van der Waals surface area contributed by atoms with E-state index in [0.29, 0.717) is 19.4 Å². The first-order valence-corrected chi connectivity index (χ1v) is 6.74. The molecular formula is C16H19NO3. The van der Waals surface area contributed by atoms with E-state index in [9.17, 15) is 14.7 Å². The standard InChI is InChI=1S/C16H19NO3/c1-16(15(19)20)10-6-5-9-13(16)14(18)17-11-12-7-3-2-4-8-12/h2-8,13H,9-11H2,1H3,(H,17,18)(H,19,20)/t13-,16-/m0/s1. The van der Waals surface area contributed by atoms with Crippen molar-refractivity contribution in [1.82, 2.24) is 5.32 Å². The zero-order valence-corrected chi connectivity index (χ0v) is 11.5. The summed E-state index contributed by atoms with van der Waals surface area (Å²) in [6.45, 7) is 2.07.